The van der Waals surface area contributed by atoms with Gasteiger partial charge < -0.3 is 9.47 Å². The molecule has 0 saturated carbocycles. The van der Waals surface area contributed by atoms with Gasteiger partial charge in [0.15, 0.2) is 5.78 Å². The molecule has 0 spiro atoms. The number of hydrogen-bond donors (Lipinski definition) is 2. The highest BCUT2D eigenvalue weighted by Crippen LogP contribution is 2.25. The van der Waals surface area contributed by atoms with E-state index >= 15 is 0 Å². The number of amides is 1. The van der Waals surface area contributed by atoms with E-state index < -0.39 is 11.6 Å². The van der Waals surface area contributed by atoms with Crippen molar-refractivity contribution in [3.63, 3.8) is 0 Å². The highest BCUT2D eigenvalue weighted by Gasteiger charge is 2.22. The molecule has 0 atom stereocenters. The Morgan fingerprint density at radius 1 is 0.909 bits per heavy atom. The van der Waals surface area contributed by atoms with E-state index in [1.807, 2.05) is 30.3 Å². The van der Waals surface area contributed by atoms with Crippen molar-refractivity contribution >= 4 is 28.4 Å². The van der Waals surface area contributed by atoms with Gasteiger partial charge >= 0.3 is 5.97 Å². The van der Waals surface area contributed by atoms with Crippen molar-refractivity contribution in [1.29, 1.82) is 0 Å². The number of ketones is 1. The molecule has 172 valence electrons. The van der Waals surface area contributed by atoms with Crippen LogP contribution in [0.25, 0.3) is 10.8 Å². The first-order chi connectivity index (χ1) is 15.6. The van der Waals surface area contributed by atoms with Gasteiger partial charge in [-0.2, -0.15) is 0 Å². The van der Waals surface area contributed by atoms with Gasteiger partial charge in [-0.3, -0.25) is 15.0 Å². The number of methoxy groups -OCH3 is 1. The summed E-state index contributed by atoms with van der Waals surface area (Å²) in [4.78, 5) is 37.6. The van der Waals surface area contributed by atoms with Gasteiger partial charge in [-0.1, -0.05) is 24.3 Å². The molecule has 0 aliphatic rings. The Hall–Kier alpha value is -3.71. The van der Waals surface area contributed by atoms with Gasteiger partial charge in [0.05, 0.1) is 12.7 Å². The molecule has 3 N–H and O–H groups in total. The van der Waals surface area contributed by atoms with E-state index in [9.17, 15) is 14.4 Å². The predicted molar refractivity (Wildman–Crippen MR) is 126 cm³/mol. The van der Waals surface area contributed by atoms with Gasteiger partial charge in [0.25, 0.3) is 0 Å². The van der Waals surface area contributed by atoms with Crippen LogP contribution in [0.3, 0.4) is 0 Å². The molecule has 3 aromatic rings. The average molecular weight is 449 g/mol. The van der Waals surface area contributed by atoms with E-state index in [0.29, 0.717) is 22.3 Å². The summed E-state index contributed by atoms with van der Waals surface area (Å²) in [5, 5.41) is 1.87. The summed E-state index contributed by atoms with van der Waals surface area (Å²) >= 11 is 0. The number of benzene rings is 3. The SMILES string of the molecule is COc1ccc2cc(C(=O)c3ccc(C(=O)OC(C)(C)C)c(CCC(=O)NN)c3)ccc2c1. The van der Waals surface area contributed by atoms with Crippen LogP contribution in [-0.4, -0.2) is 30.4 Å². The fourth-order valence-corrected chi connectivity index (χ4v) is 3.45. The van der Waals surface area contributed by atoms with E-state index in [4.69, 9.17) is 15.3 Å². The van der Waals surface area contributed by atoms with Crippen LogP contribution in [0.2, 0.25) is 0 Å². The van der Waals surface area contributed by atoms with Gasteiger partial charge in [-0.05, 0) is 73.9 Å². The largest absolute Gasteiger partial charge is 0.497 e. The lowest BCUT2D eigenvalue weighted by atomic mass is 9.94. The molecule has 0 bridgehead atoms. The van der Waals surface area contributed by atoms with Crippen molar-refractivity contribution in [2.45, 2.75) is 39.2 Å². The van der Waals surface area contributed by atoms with E-state index in [1.54, 1.807) is 52.1 Å². The van der Waals surface area contributed by atoms with E-state index in [0.717, 1.165) is 16.5 Å². The third kappa shape index (κ3) is 5.96. The highest BCUT2D eigenvalue weighted by molar-refractivity contribution is 6.11. The van der Waals surface area contributed by atoms with Crippen LogP contribution in [0.15, 0.2) is 54.6 Å². The first kappa shape index (κ1) is 23.9. The summed E-state index contributed by atoms with van der Waals surface area (Å²) in [6.45, 7) is 5.33. The molecule has 0 aliphatic carbocycles. The Bertz CT molecular complexity index is 1210. The van der Waals surface area contributed by atoms with Crippen LogP contribution in [0.1, 0.15) is 59.0 Å². The predicted octanol–water partition coefficient (Wildman–Crippen LogP) is 3.96. The third-order valence-electron chi connectivity index (χ3n) is 5.08. The number of carbonyl (C=O) groups excluding carboxylic acids is 3. The Morgan fingerprint density at radius 2 is 1.55 bits per heavy atom. The van der Waals surface area contributed by atoms with Crippen molar-refractivity contribution in [3.05, 3.63) is 76.9 Å². The molecule has 0 unspecified atom stereocenters. The Balaban J connectivity index is 1.96. The maximum Gasteiger partial charge on any atom is 0.338 e. The number of aryl methyl sites for hydroxylation is 1. The van der Waals surface area contributed by atoms with Gasteiger partial charge in [0, 0.05) is 17.5 Å². The first-order valence-electron chi connectivity index (χ1n) is 10.6. The molecule has 7 heteroatoms. The molecule has 0 aliphatic heterocycles. The maximum absolute atomic E-state index is 13.2. The molecule has 3 rings (SSSR count). The molecule has 0 fully saturated rings. The molecular formula is C26H28N2O5. The van der Waals surface area contributed by atoms with Crippen LogP contribution >= 0.6 is 0 Å². The van der Waals surface area contributed by atoms with Crippen molar-refractivity contribution in [1.82, 2.24) is 5.43 Å². The molecule has 3 aromatic carbocycles. The fraction of sp³-hybridized carbons (Fsp3) is 0.269. The lowest BCUT2D eigenvalue weighted by Crippen LogP contribution is -2.30. The number of ether oxygens (including phenoxy) is 2. The molecular weight excluding hydrogens is 420 g/mol. The average Bonchev–Trinajstić information content (AvgIpc) is 2.79. The minimum Gasteiger partial charge on any atom is -0.497 e. The topological polar surface area (TPSA) is 108 Å². The summed E-state index contributed by atoms with van der Waals surface area (Å²) in [6, 6.07) is 15.9. The smallest absolute Gasteiger partial charge is 0.338 e. The monoisotopic (exact) mass is 448 g/mol. The van der Waals surface area contributed by atoms with Crippen LogP contribution in [0, 0.1) is 0 Å². The fourth-order valence-electron chi connectivity index (χ4n) is 3.45. The van der Waals surface area contributed by atoms with Gasteiger partial charge in [0.1, 0.15) is 11.4 Å². The number of carbonyl (C=O) groups is 3. The normalized spacial score (nSPS) is 11.2. The number of nitrogens with two attached hydrogens (primary N) is 1. The molecule has 0 heterocycles. The standard InChI is InChI=1S/C26H28N2O5/c1-26(2,3)33-25(31)22-11-8-20(14-18(22)9-12-23(29)28-27)24(30)19-6-5-17-15-21(32-4)10-7-16(17)13-19/h5-8,10-11,13-15H,9,12,27H2,1-4H3,(H,28,29). The van der Waals surface area contributed by atoms with E-state index in [2.05, 4.69) is 5.43 Å². The molecule has 1 amide bonds. The molecule has 33 heavy (non-hydrogen) atoms. The lowest BCUT2D eigenvalue weighted by molar-refractivity contribution is -0.121. The van der Waals surface area contributed by atoms with Crippen LogP contribution in [0.5, 0.6) is 5.75 Å². The second kappa shape index (κ2) is 9.83. The highest BCUT2D eigenvalue weighted by atomic mass is 16.6. The van der Waals surface area contributed by atoms with Gasteiger partial charge in [-0.25, -0.2) is 10.6 Å². The summed E-state index contributed by atoms with van der Waals surface area (Å²) < 4.78 is 10.7. The number of hydrazine groups is 1. The molecule has 0 aromatic heterocycles. The van der Waals surface area contributed by atoms with Crippen LogP contribution in [0.4, 0.5) is 0 Å². The van der Waals surface area contributed by atoms with Crippen molar-refractivity contribution < 1.29 is 23.9 Å². The zero-order chi connectivity index (χ0) is 24.2. The third-order valence-corrected chi connectivity index (χ3v) is 5.08. The Morgan fingerprint density at radius 3 is 2.21 bits per heavy atom. The minimum absolute atomic E-state index is 0.0712. The number of fused-ring (bicyclic) bond motifs is 1. The quantitative estimate of drug-likeness (QED) is 0.186. The maximum atomic E-state index is 13.2. The Labute approximate surface area is 192 Å². The molecule has 0 radical (unpaired) electrons. The summed E-state index contributed by atoms with van der Waals surface area (Å²) in [7, 11) is 1.61. The second-order valence-electron chi connectivity index (χ2n) is 8.70. The van der Waals surface area contributed by atoms with Crippen molar-refractivity contribution in [2.75, 3.05) is 7.11 Å². The number of esters is 1. The van der Waals surface area contributed by atoms with Crippen LogP contribution in [-0.2, 0) is 16.0 Å². The summed E-state index contributed by atoms with van der Waals surface area (Å²) in [6.07, 6.45) is 0.304. The number of rotatable bonds is 7. The zero-order valence-electron chi connectivity index (χ0n) is 19.2. The minimum atomic E-state index is -0.675. The molecule has 0 saturated heterocycles. The zero-order valence-corrected chi connectivity index (χ0v) is 19.2. The Kier molecular flexibility index (Phi) is 7.13. The summed E-state index contributed by atoms with van der Waals surface area (Å²) in [5.74, 6) is 4.86. The van der Waals surface area contributed by atoms with Crippen molar-refractivity contribution in [2.24, 2.45) is 5.84 Å². The number of hydrogen-bond acceptors (Lipinski definition) is 6. The second-order valence-corrected chi connectivity index (χ2v) is 8.70. The lowest BCUT2D eigenvalue weighted by Gasteiger charge is -2.21. The van der Waals surface area contributed by atoms with Gasteiger partial charge in [0.2, 0.25) is 5.91 Å². The molecule has 7 nitrogen and oxygen atoms in total. The van der Waals surface area contributed by atoms with Crippen LogP contribution < -0.4 is 16.0 Å². The van der Waals surface area contributed by atoms with Crippen molar-refractivity contribution in [3.8, 4) is 5.75 Å². The van der Waals surface area contributed by atoms with Gasteiger partial charge in [-0.15, -0.1) is 0 Å². The number of nitrogens with one attached hydrogen (secondary N) is 1. The van der Waals surface area contributed by atoms with E-state index in [1.165, 1.54) is 0 Å². The van der Waals surface area contributed by atoms with E-state index in [-0.39, 0.29) is 24.5 Å². The summed E-state index contributed by atoms with van der Waals surface area (Å²) in [5.41, 5.74) is 3.20. The first-order valence-corrected chi connectivity index (χ1v) is 10.6.